The van der Waals surface area contributed by atoms with E-state index < -0.39 is 28.6 Å². The fourth-order valence-electron chi connectivity index (χ4n) is 2.21. The number of carboxylic acid groups (broad SMARTS) is 1. The molecule has 0 atom stereocenters. The number of fused-ring (bicyclic) bond motifs is 1. The van der Waals surface area contributed by atoms with Crippen LogP contribution in [0, 0.1) is 11.6 Å². The number of aromatic nitrogens is 1. The molecule has 3 rings (SSSR count). The Morgan fingerprint density at radius 1 is 1.37 bits per heavy atom. The van der Waals surface area contributed by atoms with Crippen molar-refractivity contribution in [1.29, 1.82) is 0 Å². The first-order valence-corrected chi connectivity index (χ1v) is 5.77. The minimum atomic E-state index is -1.43. The number of rotatable bonds is 2. The lowest BCUT2D eigenvalue weighted by atomic mass is 10.0. The van der Waals surface area contributed by atoms with Crippen LogP contribution in [-0.2, 0) is 0 Å². The molecule has 1 saturated carbocycles. The second-order valence-electron chi connectivity index (χ2n) is 4.62. The van der Waals surface area contributed by atoms with E-state index in [1.807, 2.05) is 0 Å². The van der Waals surface area contributed by atoms with Gasteiger partial charge in [-0.15, -0.1) is 0 Å². The van der Waals surface area contributed by atoms with Gasteiger partial charge in [0.15, 0.2) is 5.82 Å². The lowest BCUT2D eigenvalue weighted by molar-refractivity contribution is 0.0695. The van der Waals surface area contributed by atoms with E-state index in [0.29, 0.717) is 0 Å². The minimum Gasteiger partial charge on any atom is -0.477 e. The smallest absolute Gasteiger partial charge is 0.341 e. The Morgan fingerprint density at radius 3 is 2.63 bits per heavy atom. The average Bonchev–Trinajstić information content (AvgIpc) is 3.14. The fourth-order valence-corrected chi connectivity index (χ4v) is 2.21. The summed E-state index contributed by atoms with van der Waals surface area (Å²) < 4.78 is 28.0. The van der Waals surface area contributed by atoms with Crippen molar-refractivity contribution >= 4 is 16.9 Å². The first-order valence-electron chi connectivity index (χ1n) is 5.77. The van der Waals surface area contributed by atoms with Crippen LogP contribution in [0.5, 0.6) is 0 Å². The number of hydrogen-bond donors (Lipinski definition) is 2. The summed E-state index contributed by atoms with van der Waals surface area (Å²) in [5.41, 5.74) is -1.59. The van der Waals surface area contributed by atoms with Crippen molar-refractivity contribution in [3.05, 3.63) is 45.2 Å². The third-order valence-corrected chi connectivity index (χ3v) is 3.32. The van der Waals surface area contributed by atoms with Gasteiger partial charge in [0.25, 0.3) is 0 Å². The number of benzene rings is 1. The number of H-pyrrole nitrogens is 1. The van der Waals surface area contributed by atoms with Crippen LogP contribution in [0.2, 0.25) is 0 Å². The van der Waals surface area contributed by atoms with Crippen molar-refractivity contribution in [3.8, 4) is 0 Å². The SMILES string of the molecule is O=C(O)c1c[nH]c2c(F)c(C3CC3)c(F)cc2c1=O. The number of hydrogen-bond acceptors (Lipinski definition) is 2. The number of aromatic amines is 1. The van der Waals surface area contributed by atoms with Crippen molar-refractivity contribution in [2.75, 3.05) is 0 Å². The van der Waals surface area contributed by atoms with Gasteiger partial charge < -0.3 is 10.1 Å². The van der Waals surface area contributed by atoms with Crippen LogP contribution >= 0.6 is 0 Å². The van der Waals surface area contributed by atoms with Gasteiger partial charge in [-0.2, -0.15) is 0 Å². The molecular weight excluding hydrogens is 256 g/mol. The van der Waals surface area contributed by atoms with E-state index in [1.54, 1.807) is 0 Å². The van der Waals surface area contributed by atoms with Gasteiger partial charge in [0.05, 0.1) is 10.9 Å². The topological polar surface area (TPSA) is 70.2 Å². The lowest BCUT2D eigenvalue weighted by Crippen LogP contribution is -2.16. The maximum atomic E-state index is 14.2. The maximum absolute atomic E-state index is 14.2. The van der Waals surface area contributed by atoms with Gasteiger partial charge in [0, 0.05) is 11.8 Å². The molecule has 2 N–H and O–H groups in total. The molecule has 1 aromatic carbocycles. The number of pyridine rings is 1. The van der Waals surface area contributed by atoms with Crippen LogP contribution in [0.4, 0.5) is 8.78 Å². The van der Waals surface area contributed by atoms with Crippen LogP contribution in [0.3, 0.4) is 0 Å². The second kappa shape index (κ2) is 3.88. The molecule has 2 aromatic rings. The molecule has 1 aliphatic carbocycles. The number of aromatic carboxylic acids is 1. The monoisotopic (exact) mass is 265 g/mol. The van der Waals surface area contributed by atoms with Crippen LogP contribution in [0.15, 0.2) is 17.1 Å². The molecule has 0 amide bonds. The van der Waals surface area contributed by atoms with Gasteiger partial charge in [-0.25, -0.2) is 13.6 Å². The van der Waals surface area contributed by atoms with Gasteiger partial charge in [-0.3, -0.25) is 4.79 Å². The molecule has 0 spiro atoms. The van der Waals surface area contributed by atoms with Crippen molar-refractivity contribution < 1.29 is 18.7 Å². The zero-order valence-electron chi connectivity index (χ0n) is 9.67. The van der Waals surface area contributed by atoms with Crippen molar-refractivity contribution in [2.45, 2.75) is 18.8 Å². The Bertz CT molecular complexity index is 763. The van der Waals surface area contributed by atoms with E-state index >= 15 is 0 Å². The first-order chi connectivity index (χ1) is 9.00. The molecule has 98 valence electrons. The van der Waals surface area contributed by atoms with Crippen LogP contribution < -0.4 is 5.43 Å². The molecule has 0 aliphatic heterocycles. The zero-order valence-corrected chi connectivity index (χ0v) is 9.67. The largest absolute Gasteiger partial charge is 0.477 e. The van der Waals surface area contributed by atoms with Crippen LogP contribution in [0.25, 0.3) is 10.9 Å². The third kappa shape index (κ3) is 1.71. The van der Waals surface area contributed by atoms with Gasteiger partial charge in [0.1, 0.15) is 11.4 Å². The average molecular weight is 265 g/mol. The summed E-state index contributed by atoms with van der Waals surface area (Å²) in [7, 11) is 0. The highest BCUT2D eigenvalue weighted by Crippen LogP contribution is 2.43. The second-order valence-corrected chi connectivity index (χ2v) is 4.62. The standard InChI is InChI=1S/C13H9F2NO3/c14-8-3-6-11(10(15)9(8)5-1-2-5)16-4-7(12(6)17)13(18)19/h3-5H,1-2H2,(H,16,17)(H,18,19). The Balaban J connectivity index is 2.38. The van der Waals surface area contributed by atoms with E-state index in [4.69, 9.17) is 5.11 Å². The first kappa shape index (κ1) is 11.8. The van der Waals surface area contributed by atoms with Gasteiger partial charge >= 0.3 is 5.97 Å². The number of carbonyl (C=O) groups is 1. The number of halogens is 2. The number of carboxylic acids is 1. The zero-order chi connectivity index (χ0) is 13.7. The fraction of sp³-hybridized carbons (Fsp3) is 0.231. The van der Waals surface area contributed by atoms with Gasteiger partial charge in [-0.1, -0.05) is 0 Å². The molecule has 1 aromatic heterocycles. The van der Waals surface area contributed by atoms with Crippen LogP contribution in [0.1, 0.15) is 34.7 Å². The highest BCUT2D eigenvalue weighted by molar-refractivity contribution is 5.92. The molecule has 0 saturated heterocycles. The molecule has 4 nitrogen and oxygen atoms in total. The molecule has 1 heterocycles. The molecule has 1 fully saturated rings. The van der Waals surface area contributed by atoms with Crippen molar-refractivity contribution in [3.63, 3.8) is 0 Å². The molecule has 1 aliphatic rings. The Morgan fingerprint density at radius 2 is 2.05 bits per heavy atom. The quantitative estimate of drug-likeness (QED) is 0.875. The molecule has 0 radical (unpaired) electrons. The molecule has 6 heteroatoms. The highest BCUT2D eigenvalue weighted by atomic mass is 19.1. The van der Waals surface area contributed by atoms with E-state index in [0.717, 1.165) is 25.1 Å². The summed E-state index contributed by atoms with van der Waals surface area (Å²) in [5, 5.41) is 8.53. The lowest BCUT2D eigenvalue weighted by Gasteiger charge is -2.07. The Kier molecular flexibility index (Phi) is 2.41. The van der Waals surface area contributed by atoms with Gasteiger partial charge in [0.2, 0.25) is 5.43 Å². The number of nitrogens with one attached hydrogen (secondary N) is 1. The summed E-state index contributed by atoms with van der Waals surface area (Å²) in [6.07, 6.45) is 2.37. The van der Waals surface area contributed by atoms with Crippen molar-refractivity contribution in [2.24, 2.45) is 0 Å². The molecule has 0 bridgehead atoms. The Hall–Kier alpha value is -2.24. The van der Waals surface area contributed by atoms with Gasteiger partial charge in [-0.05, 0) is 24.8 Å². The summed E-state index contributed by atoms with van der Waals surface area (Å²) in [4.78, 5) is 25.1. The van der Waals surface area contributed by atoms with Crippen molar-refractivity contribution in [1.82, 2.24) is 4.98 Å². The Labute approximate surface area is 105 Å². The minimum absolute atomic E-state index is 0.0220. The predicted octanol–water partition coefficient (Wildman–Crippen LogP) is 2.38. The van der Waals surface area contributed by atoms with E-state index in [9.17, 15) is 18.4 Å². The maximum Gasteiger partial charge on any atom is 0.341 e. The molecular formula is C13H9F2NO3. The summed E-state index contributed by atoms with van der Waals surface area (Å²) in [6, 6.07) is 0.914. The normalized spacial score (nSPS) is 14.8. The molecule has 19 heavy (non-hydrogen) atoms. The highest BCUT2D eigenvalue weighted by Gasteiger charge is 2.31. The van der Waals surface area contributed by atoms with E-state index in [1.165, 1.54) is 0 Å². The molecule has 0 unspecified atom stereocenters. The predicted molar refractivity (Wildman–Crippen MR) is 63.4 cm³/mol. The van der Waals surface area contributed by atoms with Crippen LogP contribution in [-0.4, -0.2) is 16.1 Å². The van der Waals surface area contributed by atoms with E-state index in [-0.39, 0.29) is 22.4 Å². The summed E-state index contributed by atoms with van der Waals surface area (Å²) in [5.74, 6) is -3.17. The third-order valence-electron chi connectivity index (χ3n) is 3.32. The van der Waals surface area contributed by atoms with E-state index in [2.05, 4.69) is 4.98 Å². The summed E-state index contributed by atoms with van der Waals surface area (Å²) in [6.45, 7) is 0. The summed E-state index contributed by atoms with van der Waals surface area (Å²) >= 11 is 0.